The fourth-order valence-electron chi connectivity index (χ4n) is 1.58. The van der Waals surface area contributed by atoms with Gasteiger partial charge in [0.15, 0.2) is 0 Å². The number of benzene rings is 1. The van der Waals surface area contributed by atoms with Gasteiger partial charge in [0, 0.05) is 17.3 Å². The summed E-state index contributed by atoms with van der Waals surface area (Å²) in [6.45, 7) is 4.06. The van der Waals surface area contributed by atoms with E-state index in [1.807, 2.05) is 6.92 Å². The molecule has 0 saturated heterocycles. The fourth-order valence-corrected chi connectivity index (χ4v) is 1.58. The Morgan fingerprint density at radius 1 is 1.31 bits per heavy atom. The maximum Gasteiger partial charge on any atom is 0.0456 e. The molecule has 1 aromatic heterocycles. The van der Waals surface area contributed by atoms with E-state index in [-0.39, 0.29) is 6.04 Å². The molecule has 0 aliphatic carbocycles. The van der Waals surface area contributed by atoms with Crippen molar-refractivity contribution in [1.82, 2.24) is 4.98 Å². The zero-order chi connectivity index (χ0) is 9.42. The predicted molar refractivity (Wildman–Crippen MR) is 55.6 cm³/mol. The minimum absolute atomic E-state index is 0.111. The average molecular weight is 174 g/mol. The molecule has 0 radical (unpaired) electrons. The zero-order valence-corrected chi connectivity index (χ0v) is 7.96. The van der Waals surface area contributed by atoms with E-state index < -0.39 is 0 Å². The van der Waals surface area contributed by atoms with E-state index in [1.54, 1.807) is 0 Å². The Kier molecular flexibility index (Phi) is 1.85. The molecule has 1 heterocycles. The normalized spacial score (nSPS) is 13.5. The Labute approximate surface area is 77.8 Å². The number of nitrogens with one attached hydrogen (secondary N) is 1. The highest BCUT2D eigenvalue weighted by atomic mass is 14.7. The molecule has 0 aliphatic rings. The Bertz CT molecular complexity index is 427. The van der Waals surface area contributed by atoms with Crippen LogP contribution < -0.4 is 5.73 Å². The topological polar surface area (TPSA) is 41.8 Å². The van der Waals surface area contributed by atoms with Gasteiger partial charge in [-0.15, -0.1) is 0 Å². The first-order valence-corrected chi connectivity index (χ1v) is 4.51. The number of aromatic nitrogens is 1. The van der Waals surface area contributed by atoms with E-state index in [0.29, 0.717) is 0 Å². The van der Waals surface area contributed by atoms with Crippen LogP contribution in [0.1, 0.15) is 24.2 Å². The Balaban J connectivity index is 2.61. The maximum absolute atomic E-state index is 5.80. The quantitative estimate of drug-likeness (QED) is 0.685. The first-order valence-electron chi connectivity index (χ1n) is 4.51. The minimum atomic E-state index is 0.111. The molecule has 1 atom stereocenters. The molecule has 0 fully saturated rings. The summed E-state index contributed by atoms with van der Waals surface area (Å²) in [5, 5.41) is 1.24. The van der Waals surface area contributed by atoms with Gasteiger partial charge in [0.1, 0.15) is 0 Å². The van der Waals surface area contributed by atoms with Gasteiger partial charge < -0.3 is 10.7 Å². The molecule has 0 unspecified atom stereocenters. The number of rotatable bonds is 1. The van der Waals surface area contributed by atoms with Crippen LogP contribution in [0.15, 0.2) is 24.3 Å². The lowest BCUT2D eigenvalue weighted by Crippen LogP contribution is -2.04. The highest BCUT2D eigenvalue weighted by molar-refractivity contribution is 5.81. The molecule has 13 heavy (non-hydrogen) atoms. The first-order chi connectivity index (χ1) is 6.16. The van der Waals surface area contributed by atoms with Crippen LogP contribution in [0, 0.1) is 6.92 Å². The summed E-state index contributed by atoms with van der Waals surface area (Å²) in [6.07, 6.45) is 0. The van der Waals surface area contributed by atoms with Crippen molar-refractivity contribution in [3.8, 4) is 0 Å². The zero-order valence-electron chi connectivity index (χ0n) is 7.96. The lowest BCUT2D eigenvalue weighted by molar-refractivity contribution is 0.820. The van der Waals surface area contributed by atoms with E-state index in [9.17, 15) is 0 Å². The van der Waals surface area contributed by atoms with Crippen LogP contribution in [0.25, 0.3) is 10.9 Å². The van der Waals surface area contributed by atoms with Crippen molar-refractivity contribution < 1.29 is 0 Å². The van der Waals surface area contributed by atoms with Crippen molar-refractivity contribution in [2.75, 3.05) is 0 Å². The second kappa shape index (κ2) is 2.89. The third kappa shape index (κ3) is 1.45. The van der Waals surface area contributed by atoms with Gasteiger partial charge in [-0.25, -0.2) is 0 Å². The number of fused-ring (bicyclic) bond motifs is 1. The summed E-state index contributed by atoms with van der Waals surface area (Å²) >= 11 is 0. The molecule has 68 valence electrons. The van der Waals surface area contributed by atoms with Crippen molar-refractivity contribution >= 4 is 10.9 Å². The Hall–Kier alpha value is -1.28. The molecule has 0 spiro atoms. The van der Waals surface area contributed by atoms with E-state index in [2.05, 4.69) is 36.2 Å². The Morgan fingerprint density at radius 3 is 2.77 bits per heavy atom. The smallest absolute Gasteiger partial charge is 0.0456 e. The van der Waals surface area contributed by atoms with Crippen molar-refractivity contribution in [2.45, 2.75) is 19.9 Å². The molecule has 3 N–H and O–H groups in total. The van der Waals surface area contributed by atoms with Crippen molar-refractivity contribution in [2.24, 2.45) is 5.73 Å². The number of aryl methyl sites for hydroxylation is 1. The molecule has 2 aromatic rings. The number of aromatic amines is 1. The van der Waals surface area contributed by atoms with E-state index in [0.717, 1.165) is 0 Å². The summed E-state index contributed by atoms with van der Waals surface area (Å²) in [4.78, 5) is 3.28. The van der Waals surface area contributed by atoms with E-state index >= 15 is 0 Å². The summed E-state index contributed by atoms with van der Waals surface area (Å²) < 4.78 is 0. The molecular weight excluding hydrogens is 160 g/mol. The third-order valence-electron chi connectivity index (χ3n) is 2.31. The number of H-pyrrole nitrogens is 1. The van der Waals surface area contributed by atoms with Gasteiger partial charge in [-0.05, 0) is 43.0 Å². The second-order valence-corrected chi connectivity index (χ2v) is 3.59. The highest BCUT2D eigenvalue weighted by Gasteiger charge is 2.01. The largest absolute Gasteiger partial charge is 0.359 e. The summed E-state index contributed by atoms with van der Waals surface area (Å²) in [5.41, 5.74) is 9.36. The number of hydrogen-bond acceptors (Lipinski definition) is 1. The average Bonchev–Trinajstić information content (AvgIpc) is 2.42. The standard InChI is InChI=1S/C11H14N2/c1-7-5-10-6-9(8(2)12)3-4-11(10)13-7/h3-6,8,13H,12H2,1-2H3/t8-/m1/s1. The van der Waals surface area contributed by atoms with Gasteiger partial charge in [0.05, 0.1) is 0 Å². The molecular formula is C11H14N2. The van der Waals surface area contributed by atoms with Gasteiger partial charge in [-0.2, -0.15) is 0 Å². The predicted octanol–water partition coefficient (Wildman–Crippen LogP) is 2.50. The third-order valence-corrected chi connectivity index (χ3v) is 2.31. The SMILES string of the molecule is Cc1cc2cc([C@@H](C)N)ccc2[nH]1. The van der Waals surface area contributed by atoms with Gasteiger partial charge in [-0.1, -0.05) is 6.07 Å². The van der Waals surface area contributed by atoms with Crippen LogP contribution >= 0.6 is 0 Å². The highest BCUT2D eigenvalue weighted by Crippen LogP contribution is 2.19. The molecule has 0 amide bonds. The van der Waals surface area contributed by atoms with Crippen LogP contribution in [0.2, 0.25) is 0 Å². The maximum atomic E-state index is 5.80. The lowest BCUT2D eigenvalue weighted by Gasteiger charge is -2.04. The molecule has 0 bridgehead atoms. The summed E-state index contributed by atoms with van der Waals surface area (Å²) in [7, 11) is 0. The van der Waals surface area contributed by atoms with Crippen molar-refractivity contribution in [1.29, 1.82) is 0 Å². The van der Waals surface area contributed by atoms with Crippen LogP contribution in [0.4, 0.5) is 0 Å². The minimum Gasteiger partial charge on any atom is -0.359 e. The second-order valence-electron chi connectivity index (χ2n) is 3.59. The van der Waals surface area contributed by atoms with Crippen molar-refractivity contribution in [3.63, 3.8) is 0 Å². The summed E-state index contributed by atoms with van der Waals surface area (Å²) in [5.74, 6) is 0. The lowest BCUT2D eigenvalue weighted by atomic mass is 10.1. The molecule has 2 rings (SSSR count). The van der Waals surface area contributed by atoms with Crippen LogP contribution in [0.5, 0.6) is 0 Å². The fraction of sp³-hybridized carbons (Fsp3) is 0.273. The van der Waals surface area contributed by atoms with Crippen LogP contribution in [0.3, 0.4) is 0 Å². The first kappa shape index (κ1) is 8.32. The number of hydrogen-bond donors (Lipinski definition) is 2. The van der Waals surface area contributed by atoms with Gasteiger partial charge in [0.25, 0.3) is 0 Å². The van der Waals surface area contributed by atoms with Gasteiger partial charge >= 0.3 is 0 Å². The van der Waals surface area contributed by atoms with Crippen LogP contribution in [-0.2, 0) is 0 Å². The monoisotopic (exact) mass is 174 g/mol. The van der Waals surface area contributed by atoms with E-state index in [4.69, 9.17) is 5.73 Å². The summed E-state index contributed by atoms with van der Waals surface area (Å²) in [6, 6.07) is 8.55. The van der Waals surface area contributed by atoms with Crippen LogP contribution in [-0.4, -0.2) is 4.98 Å². The van der Waals surface area contributed by atoms with Gasteiger partial charge in [-0.3, -0.25) is 0 Å². The molecule has 1 aromatic carbocycles. The van der Waals surface area contributed by atoms with Crippen molar-refractivity contribution in [3.05, 3.63) is 35.5 Å². The number of nitrogens with two attached hydrogens (primary N) is 1. The van der Waals surface area contributed by atoms with E-state index in [1.165, 1.54) is 22.2 Å². The molecule has 0 saturated carbocycles. The Morgan fingerprint density at radius 2 is 2.08 bits per heavy atom. The molecule has 2 nitrogen and oxygen atoms in total. The molecule has 0 aliphatic heterocycles. The molecule has 2 heteroatoms. The van der Waals surface area contributed by atoms with Gasteiger partial charge in [0.2, 0.25) is 0 Å².